The van der Waals surface area contributed by atoms with Crippen molar-refractivity contribution in [2.24, 2.45) is 11.5 Å². The first-order valence-electron chi connectivity index (χ1n) is 6.26. The zero-order chi connectivity index (χ0) is 17.4. The van der Waals surface area contributed by atoms with Gasteiger partial charge < -0.3 is 31.0 Å². The Kier molecular flexibility index (Phi) is 20.9. The normalized spacial score (nSPS) is 11.7. The van der Waals surface area contributed by atoms with Crippen molar-refractivity contribution in [2.45, 2.75) is 38.7 Å². The molecule has 0 aromatic heterocycles. The number of alkyl halides is 1. The van der Waals surface area contributed by atoms with E-state index in [1.165, 1.54) is 21.0 Å². The number of nitrogens with two attached hydrogens (primary N) is 2. The predicted molar refractivity (Wildman–Crippen MR) is 84.7 cm³/mol. The molecule has 2 atom stereocenters. The van der Waals surface area contributed by atoms with Crippen molar-refractivity contribution < 1.29 is 29.1 Å². The van der Waals surface area contributed by atoms with Gasteiger partial charge >= 0.3 is 19.1 Å². The van der Waals surface area contributed by atoms with E-state index in [9.17, 15) is 9.59 Å². The Morgan fingerprint density at radius 1 is 1.14 bits per heavy atom. The molecule has 0 aliphatic rings. The van der Waals surface area contributed by atoms with Gasteiger partial charge in [-0.1, -0.05) is 22.9 Å². The van der Waals surface area contributed by atoms with E-state index in [1.54, 1.807) is 0 Å². The molecule has 0 saturated heterocycles. The maximum Gasteiger partial charge on any atom is 0.448 e. The van der Waals surface area contributed by atoms with Crippen LogP contribution in [0.5, 0.6) is 0 Å². The van der Waals surface area contributed by atoms with Gasteiger partial charge in [-0.25, -0.2) is 0 Å². The topological polar surface area (TPSA) is 145 Å². The van der Waals surface area contributed by atoms with Crippen LogP contribution >= 0.6 is 15.9 Å². The third kappa shape index (κ3) is 21.8. The maximum atomic E-state index is 10.5. The summed E-state index contributed by atoms with van der Waals surface area (Å²) in [5, 5.41) is 15.9. The average Bonchev–Trinajstić information content (AvgIpc) is 2.44. The largest absolute Gasteiger partial charge is 0.468 e. The van der Waals surface area contributed by atoms with Crippen molar-refractivity contribution >= 4 is 35.0 Å². The zero-order valence-corrected chi connectivity index (χ0v) is 14.5. The molecule has 0 rings (SSSR count). The fraction of sp³-hybridized carbons (Fsp3) is 0.818. The van der Waals surface area contributed by atoms with Gasteiger partial charge in [0.05, 0.1) is 14.2 Å². The Labute approximate surface area is 134 Å². The molecule has 0 saturated carbocycles. The summed E-state index contributed by atoms with van der Waals surface area (Å²) in [6, 6.07) is -0.922. The second-order valence-corrected chi connectivity index (χ2v) is 4.57. The first-order valence-corrected chi connectivity index (χ1v) is 7.38. The van der Waals surface area contributed by atoms with Gasteiger partial charge in [-0.05, 0) is 19.7 Å². The number of carbonyl (C=O) groups excluding carboxylic acids is 2. The molecule has 126 valence electrons. The molecule has 0 radical (unpaired) electrons. The number of esters is 2. The molecule has 0 spiro atoms. The highest BCUT2D eigenvalue weighted by atomic mass is 79.9. The lowest BCUT2D eigenvalue weighted by atomic mass is 9.99. The molecule has 0 aliphatic heterocycles. The third-order valence-corrected chi connectivity index (χ3v) is 2.33. The van der Waals surface area contributed by atoms with Crippen LogP contribution in [-0.4, -0.2) is 60.7 Å². The van der Waals surface area contributed by atoms with Crippen LogP contribution in [0.4, 0.5) is 0 Å². The number of methoxy groups -OCH3 is 2. The molecule has 0 aromatic rings. The molecule has 0 fully saturated rings. The van der Waals surface area contributed by atoms with Gasteiger partial charge in [-0.15, -0.1) is 0 Å². The summed E-state index contributed by atoms with van der Waals surface area (Å²) >= 11 is 3.16. The molecule has 2 unspecified atom stereocenters. The molecule has 0 bridgehead atoms. The quantitative estimate of drug-likeness (QED) is 0.280. The van der Waals surface area contributed by atoms with Crippen LogP contribution < -0.4 is 11.5 Å². The Balaban J connectivity index is -0.000000249. The Morgan fingerprint density at radius 2 is 1.48 bits per heavy atom. The lowest BCUT2D eigenvalue weighted by Gasteiger charge is -2.04. The summed E-state index contributed by atoms with van der Waals surface area (Å²) in [5.74, 6) is -0.693. The van der Waals surface area contributed by atoms with Crippen LogP contribution in [0.25, 0.3) is 0 Å². The second-order valence-electron chi connectivity index (χ2n) is 3.78. The summed E-state index contributed by atoms with van der Waals surface area (Å²) in [5.41, 5.74) is 10.6. The number of rotatable bonds is 5. The first kappa shape index (κ1) is 25.3. The highest BCUT2D eigenvalue weighted by Crippen LogP contribution is 1.94. The van der Waals surface area contributed by atoms with Crippen molar-refractivity contribution in [3.63, 3.8) is 0 Å². The molecule has 6 N–H and O–H groups in total. The van der Waals surface area contributed by atoms with Crippen molar-refractivity contribution in [3.05, 3.63) is 0 Å². The second kappa shape index (κ2) is 17.4. The molecule has 0 aromatic carbocycles. The van der Waals surface area contributed by atoms with Gasteiger partial charge in [0.25, 0.3) is 0 Å². The number of halogens is 1. The molecular formula is C11H26BBrN2O6. The minimum Gasteiger partial charge on any atom is -0.468 e. The molecule has 0 amide bonds. The summed E-state index contributed by atoms with van der Waals surface area (Å²) in [6.07, 6.45) is 1.25. The molecule has 0 aliphatic carbocycles. The number of hydrogen-bond donors (Lipinski definition) is 4. The standard InChI is InChI=1S/C5H10BrNO2.C5H11NO2.CH5BO2/c1-9-5(8)4(7)2-3-6;1-3-4(6)5(7)8-2;1-2(3)4/h4H,2-3,7H2,1H3;4H,3,6H2,1-2H3;3-4H,1H3. The van der Waals surface area contributed by atoms with Crippen LogP contribution in [0.2, 0.25) is 6.82 Å². The summed E-state index contributed by atoms with van der Waals surface area (Å²) in [6.45, 7) is 3.11. The third-order valence-electron chi connectivity index (χ3n) is 1.87. The highest BCUT2D eigenvalue weighted by Gasteiger charge is 2.11. The van der Waals surface area contributed by atoms with Crippen LogP contribution in [-0.2, 0) is 19.1 Å². The number of carbonyl (C=O) groups is 2. The minimum atomic E-state index is -1.17. The van der Waals surface area contributed by atoms with Crippen molar-refractivity contribution in [3.8, 4) is 0 Å². The van der Waals surface area contributed by atoms with E-state index in [0.29, 0.717) is 12.8 Å². The highest BCUT2D eigenvalue weighted by molar-refractivity contribution is 9.09. The number of ether oxygens (including phenoxy) is 2. The average molecular weight is 373 g/mol. The molecular weight excluding hydrogens is 347 g/mol. The van der Waals surface area contributed by atoms with E-state index < -0.39 is 19.2 Å². The van der Waals surface area contributed by atoms with Crippen molar-refractivity contribution in [1.29, 1.82) is 0 Å². The summed E-state index contributed by atoms with van der Waals surface area (Å²) in [7, 11) is 1.49. The first-order chi connectivity index (χ1) is 9.67. The Morgan fingerprint density at radius 3 is 1.67 bits per heavy atom. The van der Waals surface area contributed by atoms with Gasteiger partial charge in [0.15, 0.2) is 0 Å². The predicted octanol–water partition coefficient (Wildman–Crippen LogP) is -0.743. The lowest BCUT2D eigenvalue weighted by Crippen LogP contribution is -2.31. The van der Waals surface area contributed by atoms with Gasteiger partial charge in [-0.3, -0.25) is 9.59 Å². The Bertz CT molecular complexity index is 268. The molecule has 8 nitrogen and oxygen atoms in total. The van der Waals surface area contributed by atoms with Crippen LogP contribution in [0.15, 0.2) is 0 Å². The van der Waals surface area contributed by atoms with Gasteiger partial charge in [0, 0.05) is 5.33 Å². The van der Waals surface area contributed by atoms with E-state index in [4.69, 9.17) is 21.5 Å². The fourth-order valence-corrected chi connectivity index (χ4v) is 1.20. The zero-order valence-electron chi connectivity index (χ0n) is 12.9. The SMILES string of the molecule is CB(O)O.CCC(N)C(=O)OC.COC(=O)C(N)CCBr. The summed E-state index contributed by atoms with van der Waals surface area (Å²) < 4.78 is 8.72. The molecule has 0 heterocycles. The maximum absolute atomic E-state index is 10.5. The summed E-state index contributed by atoms with van der Waals surface area (Å²) in [4.78, 5) is 20.9. The fourth-order valence-electron chi connectivity index (χ4n) is 0.705. The van der Waals surface area contributed by atoms with E-state index >= 15 is 0 Å². The lowest BCUT2D eigenvalue weighted by molar-refractivity contribution is -0.143. The van der Waals surface area contributed by atoms with E-state index in [1.807, 2.05) is 6.92 Å². The van der Waals surface area contributed by atoms with Gasteiger partial charge in [0.1, 0.15) is 12.1 Å². The van der Waals surface area contributed by atoms with Gasteiger partial charge in [0.2, 0.25) is 0 Å². The van der Waals surface area contributed by atoms with E-state index in [0.717, 1.165) is 5.33 Å². The van der Waals surface area contributed by atoms with E-state index in [2.05, 4.69) is 25.4 Å². The monoisotopic (exact) mass is 372 g/mol. The molecule has 10 heteroatoms. The van der Waals surface area contributed by atoms with Crippen LogP contribution in [0.1, 0.15) is 19.8 Å². The van der Waals surface area contributed by atoms with Gasteiger partial charge in [-0.2, -0.15) is 0 Å². The Hall–Kier alpha value is -0.675. The number of hydrogen-bond acceptors (Lipinski definition) is 8. The van der Waals surface area contributed by atoms with Crippen LogP contribution in [0, 0.1) is 0 Å². The van der Waals surface area contributed by atoms with E-state index in [-0.39, 0.29) is 11.9 Å². The molecule has 21 heavy (non-hydrogen) atoms. The van der Waals surface area contributed by atoms with Crippen molar-refractivity contribution in [2.75, 3.05) is 19.5 Å². The minimum absolute atomic E-state index is 0.340. The van der Waals surface area contributed by atoms with Crippen LogP contribution in [0.3, 0.4) is 0 Å². The smallest absolute Gasteiger partial charge is 0.448 e. The van der Waals surface area contributed by atoms with Crippen molar-refractivity contribution in [1.82, 2.24) is 0 Å².